The zero-order valence-electron chi connectivity index (χ0n) is 12.2. The third-order valence-electron chi connectivity index (χ3n) is 4.63. The van der Waals surface area contributed by atoms with Gasteiger partial charge in [0.1, 0.15) is 0 Å². The van der Waals surface area contributed by atoms with Crippen molar-refractivity contribution in [1.29, 1.82) is 0 Å². The molecular formula is C16H24F2N2. The van der Waals surface area contributed by atoms with Gasteiger partial charge in [0.05, 0.1) is 0 Å². The fourth-order valence-electron chi connectivity index (χ4n) is 3.21. The lowest BCUT2D eigenvalue weighted by Crippen LogP contribution is -2.51. The molecule has 0 radical (unpaired) electrons. The Morgan fingerprint density at radius 2 is 1.75 bits per heavy atom. The van der Waals surface area contributed by atoms with Gasteiger partial charge in [-0.05, 0) is 37.6 Å². The summed E-state index contributed by atoms with van der Waals surface area (Å²) in [6.45, 7) is 1.22. The first-order valence-electron chi connectivity index (χ1n) is 7.43. The van der Waals surface area contributed by atoms with Crippen molar-refractivity contribution in [3.63, 3.8) is 0 Å². The zero-order valence-corrected chi connectivity index (χ0v) is 12.2. The fourth-order valence-corrected chi connectivity index (χ4v) is 3.21. The molecule has 1 saturated carbocycles. The Morgan fingerprint density at radius 3 is 2.30 bits per heavy atom. The Morgan fingerprint density at radius 1 is 1.10 bits per heavy atom. The summed E-state index contributed by atoms with van der Waals surface area (Å²) in [6, 6.07) is 4.13. The molecule has 0 saturated heterocycles. The molecule has 0 spiro atoms. The maximum Gasteiger partial charge on any atom is 0.159 e. The van der Waals surface area contributed by atoms with Crippen molar-refractivity contribution in [3.05, 3.63) is 35.4 Å². The molecule has 0 heterocycles. The summed E-state index contributed by atoms with van der Waals surface area (Å²) in [6.07, 6.45) is 7.09. The van der Waals surface area contributed by atoms with Crippen LogP contribution in [0.4, 0.5) is 8.78 Å². The number of halogens is 2. The number of hydrogen-bond donors (Lipinski definition) is 1. The molecule has 20 heavy (non-hydrogen) atoms. The maximum absolute atomic E-state index is 13.3. The summed E-state index contributed by atoms with van der Waals surface area (Å²) in [7, 11) is 2.04. The summed E-state index contributed by atoms with van der Waals surface area (Å²) in [4.78, 5) is 2.23. The van der Waals surface area contributed by atoms with Gasteiger partial charge >= 0.3 is 0 Å². The molecule has 0 aliphatic heterocycles. The van der Waals surface area contributed by atoms with Gasteiger partial charge < -0.3 is 5.73 Å². The molecule has 2 nitrogen and oxygen atoms in total. The summed E-state index contributed by atoms with van der Waals surface area (Å²) < 4.78 is 26.3. The standard InChI is InChI=1S/C16H24F2N2/c1-20(11-13-6-7-14(17)15(18)10-13)16(12-19)8-4-2-3-5-9-16/h6-7,10H,2-5,8-9,11-12,19H2,1H3. The van der Waals surface area contributed by atoms with E-state index in [1.807, 2.05) is 7.05 Å². The van der Waals surface area contributed by atoms with Gasteiger partial charge in [0.25, 0.3) is 0 Å². The topological polar surface area (TPSA) is 29.3 Å². The molecule has 112 valence electrons. The summed E-state index contributed by atoms with van der Waals surface area (Å²) in [5.74, 6) is -1.57. The second-order valence-corrected chi connectivity index (χ2v) is 5.95. The second kappa shape index (κ2) is 6.64. The van der Waals surface area contributed by atoms with E-state index in [0.29, 0.717) is 13.1 Å². The minimum Gasteiger partial charge on any atom is -0.329 e. The van der Waals surface area contributed by atoms with Crippen LogP contribution in [-0.4, -0.2) is 24.0 Å². The van der Waals surface area contributed by atoms with Crippen molar-refractivity contribution in [2.75, 3.05) is 13.6 Å². The molecule has 0 aromatic heterocycles. The zero-order chi connectivity index (χ0) is 14.6. The van der Waals surface area contributed by atoms with Crippen molar-refractivity contribution in [1.82, 2.24) is 4.90 Å². The van der Waals surface area contributed by atoms with Gasteiger partial charge in [-0.2, -0.15) is 0 Å². The maximum atomic E-state index is 13.3. The van der Waals surface area contributed by atoms with Crippen molar-refractivity contribution in [2.24, 2.45) is 5.73 Å². The Hall–Kier alpha value is -1.00. The first-order valence-corrected chi connectivity index (χ1v) is 7.43. The lowest BCUT2D eigenvalue weighted by atomic mass is 9.88. The van der Waals surface area contributed by atoms with Gasteiger partial charge in [-0.3, -0.25) is 4.90 Å². The normalized spacial score (nSPS) is 19.1. The minimum absolute atomic E-state index is 0.00135. The minimum atomic E-state index is -0.792. The van der Waals surface area contributed by atoms with Gasteiger partial charge in [0, 0.05) is 18.6 Å². The van der Waals surface area contributed by atoms with E-state index in [1.165, 1.54) is 37.8 Å². The molecular weight excluding hydrogens is 258 g/mol. The monoisotopic (exact) mass is 282 g/mol. The van der Waals surface area contributed by atoms with Crippen LogP contribution in [0.25, 0.3) is 0 Å². The molecule has 1 fully saturated rings. The Balaban J connectivity index is 2.11. The number of rotatable bonds is 4. The Kier molecular flexibility index (Phi) is 5.11. The number of nitrogens with two attached hydrogens (primary N) is 1. The van der Waals surface area contributed by atoms with Crippen molar-refractivity contribution < 1.29 is 8.78 Å². The largest absolute Gasteiger partial charge is 0.329 e. The number of nitrogens with zero attached hydrogens (tertiary/aromatic N) is 1. The molecule has 0 bridgehead atoms. The van der Waals surface area contributed by atoms with E-state index < -0.39 is 11.6 Å². The quantitative estimate of drug-likeness (QED) is 0.857. The summed E-state index contributed by atoms with van der Waals surface area (Å²) >= 11 is 0. The predicted octanol–water partition coefficient (Wildman–Crippen LogP) is 3.45. The second-order valence-electron chi connectivity index (χ2n) is 5.95. The van der Waals surface area contributed by atoms with Crippen LogP contribution in [0.5, 0.6) is 0 Å². The van der Waals surface area contributed by atoms with Crippen molar-refractivity contribution >= 4 is 0 Å². The van der Waals surface area contributed by atoms with Crippen LogP contribution >= 0.6 is 0 Å². The molecule has 4 heteroatoms. The van der Waals surface area contributed by atoms with Gasteiger partial charge in [0.15, 0.2) is 11.6 Å². The first-order chi connectivity index (χ1) is 9.57. The number of hydrogen-bond acceptors (Lipinski definition) is 2. The molecule has 2 rings (SSSR count). The number of likely N-dealkylation sites (N-methyl/N-ethyl adjacent to an activating group) is 1. The van der Waals surface area contributed by atoms with Crippen LogP contribution in [-0.2, 0) is 6.54 Å². The molecule has 0 atom stereocenters. The highest BCUT2D eigenvalue weighted by Gasteiger charge is 2.33. The Bertz CT molecular complexity index is 440. The molecule has 0 unspecified atom stereocenters. The van der Waals surface area contributed by atoms with E-state index in [1.54, 1.807) is 6.07 Å². The molecule has 1 aromatic carbocycles. The summed E-state index contributed by atoms with van der Waals surface area (Å²) in [5, 5.41) is 0. The van der Waals surface area contributed by atoms with Crippen LogP contribution in [0.15, 0.2) is 18.2 Å². The van der Waals surface area contributed by atoms with E-state index in [4.69, 9.17) is 5.73 Å². The molecule has 1 aromatic rings. The Labute approximate surface area is 120 Å². The van der Waals surface area contributed by atoms with E-state index in [9.17, 15) is 8.78 Å². The van der Waals surface area contributed by atoms with Crippen LogP contribution in [0.3, 0.4) is 0 Å². The predicted molar refractivity (Wildman–Crippen MR) is 77.3 cm³/mol. The molecule has 1 aliphatic rings. The highest BCUT2D eigenvalue weighted by molar-refractivity contribution is 5.18. The summed E-state index contributed by atoms with van der Waals surface area (Å²) in [5.41, 5.74) is 6.84. The van der Waals surface area contributed by atoms with Gasteiger partial charge in [-0.1, -0.05) is 31.7 Å². The molecule has 2 N–H and O–H groups in total. The SMILES string of the molecule is CN(Cc1ccc(F)c(F)c1)C1(CN)CCCCCC1. The smallest absolute Gasteiger partial charge is 0.159 e. The van der Waals surface area contributed by atoms with Gasteiger partial charge in [0.2, 0.25) is 0 Å². The molecule has 1 aliphatic carbocycles. The third kappa shape index (κ3) is 3.36. The van der Waals surface area contributed by atoms with Crippen molar-refractivity contribution in [3.8, 4) is 0 Å². The van der Waals surface area contributed by atoms with Crippen LogP contribution in [0.1, 0.15) is 44.1 Å². The highest BCUT2D eigenvalue weighted by atomic mass is 19.2. The average molecular weight is 282 g/mol. The van der Waals surface area contributed by atoms with Crippen LogP contribution < -0.4 is 5.73 Å². The average Bonchev–Trinajstić information content (AvgIpc) is 2.69. The van der Waals surface area contributed by atoms with Crippen molar-refractivity contribution in [2.45, 2.75) is 50.6 Å². The lowest BCUT2D eigenvalue weighted by Gasteiger charge is -2.41. The van der Waals surface area contributed by atoms with Crippen LogP contribution in [0, 0.1) is 11.6 Å². The van der Waals surface area contributed by atoms with E-state index >= 15 is 0 Å². The third-order valence-corrected chi connectivity index (χ3v) is 4.63. The van der Waals surface area contributed by atoms with Gasteiger partial charge in [-0.25, -0.2) is 8.78 Å². The molecule has 0 amide bonds. The van der Waals surface area contributed by atoms with E-state index in [0.717, 1.165) is 18.4 Å². The number of benzene rings is 1. The van der Waals surface area contributed by atoms with E-state index in [2.05, 4.69) is 4.90 Å². The first kappa shape index (κ1) is 15.4. The van der Waals surface area contributed by atoms with Gasteiger partial charge in [-0.15, -0.1) is 0 Å². The van der Waals surface area contributed by atoms with E-state index in [-0.39, 0.29) is 5.54 Å². The highest BCUT2D eigenvalue weighted by Crippen LogP contribution is 2.32. The van der Waals surface area contributed by atoms with Crippen LogP contribution in [0.2, 0.25) is 0 Å². The lowest BCUT2D eigenvalue weighted by molar-refractivity contribution is 0.0996. The fraction of sp³-hybridized carbons (Fsp3) is 0.625.